The lowest BCUT2D eigenvalue weighted by Crippen LogP contribution is -2.29. The summed E-state index contributed by atoms with van der Waals surface area (Å²) in [6, 6.07) is 7.37. The molecule has 1 heterocycles. The van der Waals surface area contributed by atoms with Gasteiger partial charge in [0.15, 0.2) is 0 Å². The van der Waals surface area contributed by atoms with Crippen LogP contribution in [0, 0.1) is 6.92 Å². The molecule has 0 spiro atoms. The number of benzene rings is 1. The fraction of sp³-hybridized carbons (Fsp3) is 0.250. The number of H-pyrrole nitrogens is 2. The Morgan fingerprint density at radius 1 is 1.47 bits per heavy atom. The van der Waals surface area contributed by atoms with Crippen LogP contribution in [0.2, 0.25) is 0 Å². The van der Waals surface area contributed by atoms with Gasteiger partial charge in [-0.05, 0) is 18.1 Å². The van der Waals surface area contributed by atoms with E-state index in [2.05, 4.69) is 20.5 Å². The van der Waals surface area contributed by atoms with Crippen LogP contribution in [0.4, 0.5) is 0 Å². The van der Waals surface area contributed by atoms with Crippen LogP contribution in [0.15, 0.2) is 29.1 Å². The van der Waals surface area contributed by atoms with Crippen molar-refractivity contribution in [3.8, 4) is 0 Å². The van der Waals surface area contributed by atoms with Crippen LogP contribution >= 0.6 is 0 Å². The van der Waals surface area contributed by atoms with E-state index >= 15 is 0 Å². The second-order valence-corrected chi connectivity index (χ2v) is 4.11. The number of rotatable bonds is 4. The average Bonchev–Trinajstić information content (AvgIpc) is 2.83. The second kappa shape index (κ2) is 5.49. The fourth-order valence-corrected chi connectivity index (χ4v) is 1.72. The minimum Gasteiger partial charge on any atom is -0.387 e. The molecule has 2 rings (SSSR count). The molecule has 1 amide bonds. The van der Waals surface area contributed by atoms with Gasteiger partial charge in [-0.2, -0.15) is 0 Å². The van der Waals surface area contributed by atoms with E-state index in [0.29, 0.717) is 0 Å². The molecule has 7 nitrogen and oxygen atoms in total. The zero-order chi connectivity index (χ0) is 13.8. The minimum absolute atomic E-state index is 0.0403. The molecular weight excluding hydrogens is 248 g/mol. The van der Waals surface area contributed by atoms with Crippen LogP contribution in [0.3, 0.4) is 0 Å². The molecule has 0 bridgehead atoms. The number of hydrogen-bond donors (Lipinski definition) is 4. The van der Waals surface area contributed by atoms with Crippen molar-refractivity contribution in [1.29, 1.82) is 0 Å². The highest BCUT2D eigenvalue weighted by Crippen LogP contribution is 2.16. The molecule has 0 saturated heterocycles. The summed E-state index contributed by atoms with van der Waals surface area (Å²) in [4.78, 5) is 24.6. The van der Waals surface area contributed by atoms with Crippen LogP contribution in [-0.4, -0.2) is 32.7 Å². The number of carbonyl (C=O) groups excluding carboxylic acids is 1. The van der Waals surface area contributed by atoms with E-state index < -0.39 is 17.7 Å². The van der Waals surface area contributed by atoms with Gasteiger partial charge in [-0.15, -0.1) is 5.10 Å². The number of nitrogens with zero attached hydrogens (tertiary/aromatic N) is 1. The molecule has 19 heavy (non-hydrogen) atoms. The Balaban J connectivity index is 1.97. The molecule has 1 atom stereocenters. The van der Waals surface area contributed by atoms with Crippen molar-refractivity contribution in [2.75, 3.05) is 6.54 Å². The summed E-state index contributed by atoms with van der Waals surface area (Å²) in [6.07, 6.45) is -0.809. The molecule has 0 aliphatic rings. The molecule has 0 aliphatic carbocycles. The summed E-state index contributed by atoms with van der Waals surface area (Å²) >= 11 is 0. The topological polar surface area (TPSA) is 111 Å². The lowest BCUT2D eigenvalue weighted by molar-refractivity contribution is 0.0906. The number of aliphatic hydroxyl groups excluding tert-OH is 1. The van der Waals surface area contributed by atoms with Gasteiger partial charge in [0.05, 0.1) is 6.10 Å². The number of aliphatic hydroxyl groups is 1. The van der Waals surface area contributed by atoms with Gasteiger partial charge in [0.2, 0.25) is 5.82 Å². The van der Waals surface area contributed by atoms with E-state index in [1.807, 2.05) is 25.1 Å². The average molecular weight is 262 g/mol. The van der Waals surface area contributed by atoms with E-state index in [0.717, 1.165) is 11.1 Å². The maximum atomic E-state index is 11.6. The third-order valence-corrected chi connectivity index (χ3v) is 2.72. The third-order valence-electron chi connectivity index (χ3n) is 2.72. The molecule has 1 aromatic heterocycles. The highest BCUT2D eigenvalue weighted by atomic mass is 16.3. The lowest BCUT2D eigenvalue weighted by atomic mass is 10.0. The highest BCUT2D eigenvalue weighted by Gasteiger charge is 2.14. The summed E-state index contributed by atoms with van der Waals surface area (Å²) in [5.74, 6) is -0.659. The van der Waals surface area contributed by atoms with Gasteiger partial charge in [0, 0.05) is 6.54 Å². The predicted octanol–water partition coefficient (Wildman–Crippen LogP) is -0.130. The molecule has 0 radical (unpaired) electrons. The van der Waals surface area contributed by atoms with Crippen LogP contribution in [0.25, 0.3) is 0 Å². The minimum atomic E-state index is -0.809. The Labute approximate surface area is 108 Å². The van der Waals surface area contributed by atoms with Crippen molar-refractivity contribution in [3.05, 3.63) is 51.7 Å². The number of aromatic nitrogens is 3. The van der Waals surface area contributed by atoms with Crippen LogP contribution in [-0.2, 0) is 0 Å². The maximum absolute atomic E-state index is 11.6. The largest absolute Gasteiger partial charge is 0.387 e. The lowest BCUT2D eigenvalue weighted by Gasteiger charge is -2.13. The smallest absolute Gasteiger partial charge is 0.341 e. The van der Waals surface area contributed by atoms with E-state index in [1.165, 1.54) is 0 Å². The van der Waals surface area contributed by atoms with E-state index in [1.54, 1.807) is 6.07 Å². The first-order chi connectivity index (χ1) is 9.08. The molecule has 0 aliphatic heterocycles. The molecule has 100 valence electrons. The first-order valence-electron chi connectivity index (χ1n) is 5.74. The number of nitrogens with one attached hydrogen (secondary N) is 3. The molecule has 0 saturated carbocycles. The standard InChI is InChI=1S/C12H14N4O3/c1-7-4-2-3-5-8(7)9(17)6-13-11(18)10-14-12(19)16-15-10/h2-5,9,17H,6H2,1H3,(H,13,18)(H2,14,15,16,19). The SMILES string of the molecule is Cc1ccccc1C(O)CNC(=O)c1n[nH]c(=O)[nH]1. The van der Waals surface area contributed by atoms with Gasteiger partial charge in [0.1, 0.15) is 0 Å². The van der Waals surface area contributed by atoms with Crippen molar-refractivity contribution in [2.45, 2.75) is 13.0 Å². The fourth-order valence-electron chi connectivity index (χ4n) is 1.72. The van der Waals surface area contributed by atoms with Crippen molar-refractivity contribution in [2.24, 2.45) is 0 Å². The number of carbonyl (C=O) groups is 1. The molecule has 0 fully saturated rings. The molecule has 7 heteroatoms. The van der Waals surface area contributed by atoms with Crippen molar-refractivity contribution in [3.63, 3.8) is 0 Å². The normalized spacial score (nSPS) is 12.1. The molecule has 2 aromatic rings. The number of hydrogen-bond acceptors (Lipinski definition) is 4. The second-order valence-electron chi connectivity index (χ2n) is 4.11. The summed E-state index contributed by atoms with van der Waals surface area (Å²) in [5.41, 5.74) is 1.14. The third kappa shape index (κ3) is 3.08. The number of aryl methyl sites for hydroxylation is 1. The monoisotopic (exact) mass is 262 g/mol. The Morgan fingerprint density at radius 2 is 2.21 bits per heavy atom. The Bertz CT molecular complexity index is 632. The van der Waals surface area contributed by atoms with Crippen molar-refractivity contribution in [1.82, 2.24) is 20.5 Å². The van der Waals surface area contributed by atoms with Crippen LogP contribution < -0.4 is 11.0 Å². The molecule has 4 N–H and O–H groups in total. The Morgan fingerprint density at radius 3 is 2.84 bits per heavy atom. The van der Waals surface area contributed by atoms with Gasteiger partial charge in [-0.3, -0.25) is 9.78 Å². The molecule has 1 unspecified atom stereocenters. The zero-order valence-corrected chi connectivity index (χ0v) is 10.3. The van der Waals surface area contributed by atoms with E-state index in [9.17, 15) is 14.7 Å². The van der Waals surface area contributed by atoms with Gasteiger partial charge in [0.25, 0.3) is 5.91 Å². The van der Waals surface area contributed by atoms with Crippen molar-refractivity contribution >= 4 is 5.91 Å². The predicted molar refractivity (Wildman–Crippen MR) is 67.7 cm³/mol. The molecular formula is C12H14N4O3. The van der Waals surface area contributed by atoms with Gasteiger partial charge in [-0.25, -0.2) is 9.89 Å². The van der Waals surface area contributed by atoms with Gasteiger partial charge >= 0.3 is 5.69 Å². The number of amides is 1. The van der Waals surface area contributed by atoms with Gasteiger partial charge in [-0.1, -0.05) is 24.3 Å². The van der Waals surface area contributed by atoms with E-state index in [-0.39, 0.29) is 12.4 Å². The highest BCUT2D eigenvalue weighted by molar-refractivity contribution is 5.90. The summed E-state index contributed by atoms with van der Waals surface area (Å²) < 4.78 is 0. The zero-order valence-electron chi connectivity index (χ0n) is 10.3. The van der Waals surface area contributed by atoms with Crippen molar-refractivity contribution < 1.29 is 9.90 Å². The quantitative estimate of drug-likeness (QED) is 0.615. The first kappa shape index (κ1) is 13.0. The maximum Gasteiger partial charge on any atom is 0.341 e. The summed E-state index contributed by atoms with van der Waals surface area (Å²) in [5, 5.41) is 18.1. The van der Waals surface area contributed by atoms with Crippen LogP contribution in [0.1, 0.15) is 27.8 Å². The van der Waals surface area contributed by atoms with Crippen LogP contribution in [0.5, 0.6) is 0 Å². The Hall–Kier alpha value is -2.41. The molecule has 1 aromatic carbocycles. The number of aromatic amines is 2. The summed E-state index contributed by atoms with van der Waals surface area (Å²) in [6.45, 7) is 1.92. The van der Waals surface area contributed by atoms with Gasteiger partial charge < -0.3 is 10.4 Å². The Kier molecular flexibility index (Phi) is 3.76. The van der Waals surface area contributed by atoms with E-state index in [4.69, 9.17) is 0 Å². The summed E-state index contributed by atoms with van der Waals surface area (Å²) in [7, 11) is 0. The first-order valence-corrected chi connectivity index (χ1v) is 5.74.